The Kier molecular flexibility index (Phi) is 6.89. The summed E-state index contributed by atoms with van der Waals surface area (Å²) in [6, 6.07) is 30.4. The van der Waals surface area contributed by atoms with Gasteiger partial charge in [0, 0.05) is 16.8 Å². The molecule has 31 heavy (non-hydrogen) atoms. The first-order chi connectivity index (χ1) is 15.1. The van der Waals surface area contributed by atoms with Gasteiger partial charge in [0.15, 0.2) is 0 Å². The Balaban J connectivity index is 1.67. The summed E-state index contributed by atoms with van der Waals surface area (Å²) in [6.45, 7) is 2.02. The van der Waals surface area contributed by atoms with E-state index in [1.54, 1.807) is 28.2 Å². The van der Waals surface area contributed by atoms with Crippen LogP contribution >= 0.6 is 23.5 Å². The average molecular weight is 448 g/mol. The number of rotatable bonds is 8. The Hall–Kier alpha value is -2.83. The van der Waals surface area contributed by atoms with Gasteiger partial charge >= 0.3 is 0 Å². The second kappa shape index (κ2) is 9.98. The Labute approximate surface area is 191 Å². The minimum atomic E-state index is 0.00789. The third-order valence-corrected chi connectivity index (χ3v) is 7.19. The van der Waals surface area contributed by atoms with Crippen molar-refractivity contribution in [1.29, 1.82) is 0 Å². The molecular weight excluding hydrogens is 422 g/mol. The maximum atomic E-state index is 13.6. The van der Waals surface area contributed by atoms with Gasteiger partial charge in [-0.2, -0.15) is 0 Å². The summed E-state index contributed by atoms with van der Waals surface area (Å²) in [5.74, 6) is 1.39. The standard InChI is InChI=1S/C25H25N3OS2/c1-20-24(25(29)28(26(20)2)21-12-6-3-7-13-21)27(18-30-22-14-8-4-9-15-22)19-31-23-16-10-5-11-17-23/h3-17H,18-19H2,1-2H3. The van der Waals surface area contributed by atoms with Gasteiger partial charge in [0.05, 0.1) is 23.1 Å². The molecule has 4 aromatic rings. The van der Waals surface area contributed by atoms with Crippen LogP contribution in [0.4, 0.5) is 5.69 Å². The second-order valence-electron chi connectivity index (χ2n) is 7.12. The van der Waals surface area contributed by atoms with Crippen LogP contribution in [0.2, 0.25) is 0 Å². The van der Waals surface area contributed by atoms with Gasteiger partial charge in [0.2, 0.25) is 0 Å². The number of nitrogens with zero attached hydrogens (tertiary/aromatic N) is 3. The molecule has 4 rings (SSSR count). The van der Waals surface area contributed by atoms with Gasteiger partial charge in [-0.3, -0.25) is 9.48 Å². The summed E-state index contributed by atoms with van der Waals surface area (Å²) in [4.78, 5) is 18.1. The normalized spacial score (nSPS) is 10.9. The molecule has 0 radical (unpaired) electrons. The lowest BCUT2D eigenvalue weighted by Crippen LogP contribution is -2.29. The molecule has 0 aliphatic rings. The SMILES string of the molecule is Cc1c(N(CSc2ccccc2)CSc2ccccc2)c(=O)n(-c2ccccc2)n1C. The van der Waals surface area contributed by atoms with Crippen LogP contribution in [0.1, 0.15) is 5.69 Å². The molecule has 3 aromatic carbocycles. The van der Waals surface area contributed by atoms with E-state index in [0.717, 1.165) is 17.1 Å². The van der Waals surface area contributed by atoms with Crippen molar-refractivity contribution in [2.24, 2.45) is 7.05 Å². The Bertz CT molecular complexity index is 1130. The molecule has 0 fully saturated rings. The summed E-state index contributed by atoms with van der Waals surface area (Å²) >= 11 is 3.48. The van der Waals surface area contributed by atoms with Crippen molar-refractivity contribution in [3.63, 3.8) is 0 Å². The summed E-state index contributed by atoms with van der Waals surface area (Å²) in [5, 5.41) is 0. The predicted octanol–water partition coefficient (Wildman–Crippen LogP) is 5.79. The fraction of sp³-hybridized carbons (Fsp3) is 0.160. The highest BCUT2D eigenvalue weighted by Gasteiger charge is 2.22. The number of para-hydroxylation sites is 1. The van der Waals surface area contributed by atoms with Gasteiger partial charge in [0.1, 0.15) is 5.69 Å². The maximum absolute atomic E-state index is 13.6. The predicted molar refractivity (Wildman–Crippen MR) is 133 cm³/mol. The highest BCUT2D eigenvalue weighted by Crippen LogP contribution is 2.28. The lowest BCUT2D eigenvalue weighted by atomic mass is 10.3. The third kappa shape index (κ3) is 4.92. The van der Waals surface area contributed by atoms with Gasteiger partial charge in [0.25, 0.3) is 5.56 Å². The van der Waals surface area contributed by atoms with E-state index in [1.165, 1.54) is 9.79 Å². The number of benzene rings is 3. The summed E-state index contributed by atoms with van der Waals surface area (Å²) in [5.41, 5.74) is 2.58. The topological polar surface area (TPSA) is 30.2 Å². The van der Waals surface area contributed by atoms with Crippen LogP contribution < -0.4 is 10.5 Å². The van der Waals surface area contributed by atoms with E-state index in [-0.39, 0.29) is 5.56 Å². The zero-order valence-corrected chi connectivity index (χ0v) is 19.3. The Morgan fingerprint density at radius 3 is 1.68 bits per heavy atom. The van der Waals surface area contributed by atoms with E-state index in [9.17, 15) is 4.79 Å². The molecule has 0 spiro atoms. The fourth-order valence-electron chi connectivity index (χ4n) is 3.42. The molecule has 1 heterocycles. The van der Waals surface area contributed by atoms with E-state index in [4.69, 9.17) is 0 Å². The number of hydrogen-bond donors (Lipinski definition) is 0. The van der Waals surface area contributed by atoms with E-state index < -0.39 is 0 Å². The molecule has 0 saturated carbocycles. The highest BCUT2D eigenvalue weighted by atomic mass is 32.2. The molecule has 0 aliphatic heterocycles. The van der Waals surface area contributed by atoms with Gasteiger partial charge in [-0.1, -0.05) is 54.6 Å². The lowest BCUT2D eigenvalue weighted by molar-refractivity contribution is 0.630. The molecule has 0 aliphatic carbocycles. The van der Waals surface area contributed by atoms with Crippen molar-refractivity contribution in [2.75, 3.05) is 16.7 Å². The molecular formula is C25H25N3OS2. The van der Waals surface area contributed by atoms with E-state index in [2.05, 4.69) is 29.2 Å². The molecule has 6 heteroatoms. The first-order valence-corrected chi connectivity index (χ1v) is 12.1. The molecule has 0 atom stereocenters. The molecule has 4 nitrogen and oxygen atoms in total. The number of aromatic nitrogens is 2. The first kappa shape index (κ1) is 21.4. The number of hydrogen-bond acceptors (Lipinski definition) is 4. The molecule has 0 amide bonds. The van der Waals surface area contributed by atoms with Crippen molar-refractivity contribution in [3.05, 3.63) is 107 Å². The zero-order valence-electron chi connectivity index (χ0n) is 17.6. The summed E-state index contributed by atoms with van der Waals surface area (Å²) in [6.07, 6.45) is 0. The van der Waals surface area contributed by atoms with Crippen LogP contribution in [0.25, 0.3) is 5.69 Å². The Morgan fingerprint density at radius 2 is 1.19 bits per heavy atom. The molecule has 0 N–H and O–H groups in total. The largest absolute Gasteiger partial charge is 0.346 e. The third-order valence-electron chi connectivity index (χ3n) is 5.10. The van der Waals surface area contributed by atoms with Gasteiger partial charge < -0.3 is 4.90 Å². The minimum Gasteiger partial charge on any atom is -0.346 e. The van der Waals surface area contributed by atoms with Crippen LogP contribution in [0.5, 0.6) is 0 Å². The maximum Gasteiger partial charge on any atom is 0.295 e. The lowest BCUT2D eigenvalue weighted by Gasteiger charge is -2.23. The quantitative estimate of drug-likeness (QED) is 0.253. The second-order valence-corrected chi connectivity index (χ2v) is 9.16. The average Bonchev–Trinajstić information content (AvgIpc) is 3.04. The molecule has 0 bridgehead atoms. The number of anilines is 1. The molecule has 1 aromatic heterocycles. The van der Waals surface area contributed by atoms with Crippen LogP contribution in [-0.2, 0) is 7.05 Å². The summed E-state index contributed by atoms with van der Waals surface area (Å²) in [7, 11) is 1.94. The fourth-order valence-corrected chi connectivity index (χ4v) is 5.29. The smallest absolute Gasteiger partial charge is 0.295 e. The van der Waals surface area contributed by atoms with Crippen molar-refractivity contribution >= 4 is 29.2 Å². The Morgan fingerprint density at radius 1 is 0.742 bits per heavy atom. The van der Waals surface area contributed by atoms with E-state index >= 15 is 0 Å². The molecule has 0 saturated heterocycles. The van der Waals surface area contributed by atoms with Crippen LogP contribution in [-0.4, -0.2) is 21.1 Å². The number of thioether (sulfide) groups is 2. The van der Waals surface area contributed by atoms with Crippen molar-refractivity contribution in [3.8, 4) is 5.69 Å². The zero-order chi connectivity index (χ0) is 21.6. The van der Waals surface area contributed by atoms with Gasteiger partial charge in [-0.15, -0.1) is 23.5 Å². The van der Waals surface area contributed by atoms with Crippen molar-refractivity contribution in [1.82, 2.24) is 9.36 Å². The van der Waals surface area contributed by atoms with E-state index in [1.807, 2.05) is 85.4 Å². The van der Waals surface area contributed by atoms with Crippen molar-refractivity contribution in [2.45, 2.75) is 16.7 Å². The first-order valence-electron chi connectivity index (χ1n) is 10.1. The van der Waals surface area contributed by atoms with Gasteiger partial charge in [-0.05, 0) is 43.3 Å². The highest BCUT2D eigenvalue weighted by molar-refractivity contribution is 8.00. The van der Waals surface area contributed by atoms with Crippen LogP contribution in [0.15, 0.2) is 106 Å². The van der Waals surface area contributed by atoms with Crippen LogP contribution in [0.3, 0.4) is 0 Å². The molecule has 158 valence electrons. The monoisotopic (exact) mass is 447 g/mol. The molecule has 0 unspecified atom stereocenters. The van der Waals surface area contributed by atoms with Crippen molar-refractivity contribution < 1.29 is 0 Å². The van der Waals surface area contributed by atoms with Crippen LogP contribution in [0, 0.1) is 6.92 Å². The van der Waals surface area contributed by atoms with E-state index in [0.29, 0.717) is 11.8 Å². The summed E-state index contributed by atoms with van der Waals surface area (Å²) < 4.78 is 3.69. The van der Waals surface area contributed by atoms with Gasteiger partial charge in [-0.25, -0.2) is 4.68 Å². The minimum absolute atomic E-state index is 0.00789.